The number of carbonyl (C=O) groups excluding carboxylic acids is 1. The zero-order chi connectivity index (χ0) is 21.9. The highest BCUT2D eigenvalue weighted by atomic mass is 19.2. The molecule has 2 aromatic carbocycles. The molecule has 30 heavy (non-hydrogen) atoms. The number of hydrogen-bond acceptors (Lipinski definition) is 5. The van der Waals surface area contributed by atoms with Crippen LogP contribution in [-0.4, -0.2) is 31.0 Å². The molecule has 162 valence electrons. The predicted molar refractivity (Wildman–Crippen MR) is 104 cm³/mol. The molecule has 1 amide bonds. The first-order chi connectivity index (χ1) is 14.2. The van der Waals surface area contributed by atoms with Gasteiger partial charge in [0.1, 0.15) is 11.9 Å². The largest absolute Gasteiger partial charge is 0.350 e. The number of benzene rings is 2. The molecule has 0 aromatic heterocycles. The van der Waals surface area contributed by atoms with Gasteiger partial charge in [0.2, 0.25) is 0 Å². The maximum absolute atomic E-state index is 14.4. The molecule has 3 rings (SSSR count). The van der Waals surface area contributed by atoms with E-state index in [4.69, 9.17) is 14.3 Å². The van der Waals surface area contributed by atoms with Crippen LogP contribution in [0, 0.1) is 17.5 Å². The summed E-state index contributed by atoms with van der Waals surface area (Å²) in [6.07, 6.45) is 0.0326. The summed E-state index contributed by atoms with van der Waals surface area (Å²) in [5.41, 5.74) is 2.06. The molecule has 0 aliphatic carbocycles. The highest BCUT2D eigenvalue weighted by Gasteiger charge is 2.30. The molecular formula is C21H23F3N2O4. The lowest BCUT2D eigenvalue weighted by Crippen LogP contribution is -2.45. The van der Waals surface area contributed by atoms with Crippen molar-refractivity contribution in [1.29, 1.82) is 0 Å². The summed E-state index contributed by atoms with van der Waals surface area (Å²) in [5, 5.41) is 2.48. The number of nitrogens with one attached hydrogen (secondary N) is 2. The van der Waals surface area contributed by atoms with Crippen molar-refractivity contribution in [2.75, 3.05) is 18.5 Å². The SMILES string of the molecule is CCc1ccc(Nc2c(C(=O)NOC3COC(C)(C)OC3)ccc(F)c2F)c(F)c1. The van der Waals surface area contributed by atoms with Crippen molar-refractivity contribution in [3.63, 3.8) is 0 Å². The molecule has 6 nitrogen and oxygen atoms in total. The van der Waals surface area contributed by atoms with Gasteiger partial charge in [-0.1, -0.05) is 13.0 Å². The highest BCUT2D eigenvalue weighted by Crippen LogP contribution is 2.28. The fourth-order valence-electron chi connectivity index (χ4n) is 2.81. The minimum Gasteiger partial charge on any atom is -0.350 e. The molecule has 0 bridgehead atoms. The molecule has 0 atom stereocenters. The van der Waals surface area contributed by atoms with Crippen LogP contribution >= 0.6 is 0 Å². The second-order valence-electron chi connectivity index (χ2n) is 7.27. The fourth-order valence-corrected chi connectivity index (χ4v) is 2.81. The number of aryl methyl sites for hydroxylation is 1. The molecule has 9 heteroatoms. The van der Waals surface area contributed by atoms with E-state index in [9.17, 15) is 18.0 Å². The number of rotatable bonds is 6. The van der Waals surface area contributed by atoms with E-state index in [2.05, 4.69) is 10.8 Å². The normalized spacial score (nSPS) is 16.3. The van der Waals surface area contributed by atoms with Gasteiger partial charge in [0.05, 0.1) is 30.2 Å². The summed E-state index contributed by atoms with van der Waals surface area (Å²) in [7, 11) is 0. The third kappa shape index (κ3) is 5.10. The topological polar surface area (TPSA) is 68.8 Å². The number of amides is 1. The van der Waals surface area contributed by atoms with E-state index in [1.54, 1.807) is 19.9 Å². The van der Waals surface area contributed by atoms with Gasteiger partial charge in [-0.05, 0) is 50.1 Å². The van der Waals surface area contributed by atoms with Crippen LogP contribution in [-0.2, 0) is 20.7 Å². The first-order valence-corrected chi connectivity index (χ1v) is 9.47. The Morgan fingerprint density at radius 2 is 1.83 bits per heavy atom. The van der Waals surface area contributed by atoms with Crippen LogP contribution in [0.15, 0.2) is 30.3 Å². The Morgan fingerprint density at radius 3 is 2.47 bits per heavy atom. The van der Waals surface area contributed by atoms with Crippen LogP contribution in [0.25, 0.3) is 0 Å². The van der Waals surface area contributed by atoms with Crippen molar-refractivity contribution < 1.29 is 32.3 Å². The molecular weight excluding hydrogens is 401 g/mol. The second kappa shape index (κ2) is 9.03. The molecule has 0 unspecified atom stereocenters. The van der Waals surface area contributed by atoms with E-state index in [0.717, 1.165) is 17.7 Å². The third-order valence-electron chi connectivity index (χ3n) is 4.59. The number of halogens is 3. The van der Waals surface area contributed by atoms with Crippen LogP contribution < -0.4 is 10.8 Å². The van der Waals surface area contributed by atoms with Gasteiger partial charge in [-0.15, -0.1) is 0 Å². The van der Waals surface area contributed by atoms with E-state index in [1.165, 1.54) is 12.1 Å². The zero-order valence-electron chi connectivity index (χ0n) is 16.9. The summed E-state index contributed by atoms with van der Waals surface area (Å²) in [4.78, 5) is 17.8. The van der Waals surface area contributed by atoms with E-state index >= 15 is 0 Å². The highest BCUT2D eigenvalue weighted by molar-refractivity contribution is 6.00. The fraction of sp³-hybridized carbons (Fsp3) is 0.381. The number of carbonyl (C=O) groups is 1. The Bertz CT molecular complexity index is 927. The summed E-state index contributed by atoms with van der Waals surface area (Å²) < 4.78 is 53.4. The molecule has 1 heterocycles. The smallest absolute Gasteiger partial charge is 0.277 e. The van der Waals surface area contributed by atoms with Crippen molar-refractivity contribution in [2.45, 2.75) is 39.1 Å². The van der Waals surface area contributed by atoms with Gasteiger partial charge in [0.15, 0.2) is 17.4 Å². The van der Waals surface area contributed by atoms with Gasteiger partial charge >= 0.3 is 0 Å². The molecule has 1 aliphatic heterocycles. The Balaban J connectivity index is 1.76. The van der Waals surface area contributed by atoms with Gasteiger partial charge in [0, 0.05) is 0 Å². The van der Waals surface area contributed by atoms with Crippen LogP contribution in [0.4, 0.5) is 24.5 Å². The van der Waals surface area contributed by atoms with E-state index in [1.807, 2.05) is 6.92 Å². The number of anilines is 2. The quantitative estimate of drug-likeness (QED) is 0.680. The lowest BCUT2D eigenvalue weighted by Gasteiger charge is -2.34. The van der Waals surface area contributed by atoms with E-state index in [-0.39, 0.29) is 24.5 Å². The molecule has 0 radical (unpaired) electrons. The summed E-state index contributed by atoms with van der Waals surface area (Å²) in [5.74, 6) is -4.74. The predicted octanol–water partition coefficient (Wildman–Crippen LogP) is 4.22. The number of hydroxylamine groups is 1. The molecule has 1 fully saturated rings. The van der Waals surface area contributed by atoms with Crippen molar-refractivity contribution in [2.24, 2.45) is 0 Å². The maximum Gasteiger partial charge on any atom is 0.277 e. The molecule has 1 aliphatic rings. The average molecular weight is 424 g/mol. The van der Waals surface area contributed by atoms with Gasteiger partial charge in [-0.2, -0.15) is 0 Å². The van der Waals surface area contributed by atoms with Crippen LogP contribution in [0.3, 0.4) is 0 Å². The lowest BCUT2D eigenvalue weighted by atomic mass is 10.1. The van der Waals surface area contributed by atoms with Gasteiger partial charge in [0.25, 0.3) is 5.91 Å². The molecule has 0 spiro atoms. The van der Waals surface area contributed by atoms with Crippen molar-refractivity contribution in [1.82, 2.24) is 5.48 Å². The van der Waals surface area contributed by atoms with Gasteiger partial charge in [-0.25, -0.2) is 18.7 Å². The summed E-state index contributed by atoms with van der Waals surface area (Å²) >= 11 is 0. The lowest BCUT2D eigenvalue weighted by molar-refractivity contribution is -0.284. The third-order valence-corrected chi connectivity index (χ3v) is 4.59. The number of ether oxygens (including phenoxy) is 2. The van der Waals surface area contributed by atoms with Gasteiger partial charge < -0.3 is 14.8 Å². The van der Waals surface area contributed by atoms with E-state index in [0.29, 0.717) is 6.42 Å². The zero-order valence-corrected chi connectivity index (χ0v) is 16.9. The Morgan fingerprint density at radius 1 is 1.13 bits per heavy atom. The van der Waals surface area contributed by atoms with Crippen LogP contribution in [0.2, 0.25) is 0 Å². The number of hydrogen-bond donors (Lipinski definition) is 2. The summed E-state index contributed by atoms with van der Waals surface area (Å²) in [6, 6.07) is 6.22. The summed E-state index contributed by atoms with van der Waals surface area (Å²) in [6.45, 7) is 5.69. The van der Waals surface area contributed by atoms with Crippen LogP contribution in [0.5, 0.6) is 0 Å². The van der Waals surface area contributed by atoms with Gasteiger partial charge in [-0.3, -0.25) is 9.63 Å². The minimum absolute atomic E-state index is 0.0945. The first kappa shape index (κ1) is 22.1. The van der Waals surface area contributed by atoms with Crippen molar-refractivity contribution in [3.05, 3.63) is 58.9 Å². The van der Waals surface area contributed by atoms with Crippen molar-refractivity contribution >= 4 is 17.3 Å². The average Bonchev–Trinajstić information content (AvgIpc) is 2.71. The van der Waals surface area contributed by atoms with Crippen molar-refractivity contribution in [3.8, 4) is 0 Å². The molecule has 2 aromatic rings. The Labute approximate surface area is 172 Å². The maximum atomic E-state index is 14.4. The monoisotopic (exact) mass is 424 g/mol. The molecule has 2 N–H and O–H groups in total. The van der Waals surface area contributed by atoms with E-state index < -0.39 is 40.9 Å². The van der Waals surface area contributed by atoms with Crippen LogP contribution in [0.1, 0.15) is 36.7 Å². The Hall–Kier alpha value is -2.62. The first-order valence-electron chi connectivity index (χ1n) is 9.47. The molecule has 0 saturated carbocycles. The standard InChI is InChI=1S/C21H23F3N2O4/c1-4-12-5-8-17(16(23)9-12)25-19-14(6-7-15(22)18(19)24)20(27)26-30-13-10-28-21(2,3)29-11-13/h5-9,13,25H,4,10-11H2,1-3H3,(H,26,27). The minimum atomic E-state index is -1.31. The second-order valence-corrected chi connectivity index (χ2v) is 7.27. The Kier molecular flexibility index (Phi) is 6.64. The molecule has 1 saturated heterocycles.